The number of benzene rings is 1. The van der Waals surface area contributed by atoms with E-state index in [0.29, 0.717) is 48.6 Å². The molecular formula is C32H35FN6O3. The Balaban J connectivity index is 1.52. The zero-order chi connectivity index (χ0) is 29.9. The lowest BCUT2D eigenvalue weighted by atomic mass is 9.99. The zero-order valence-electron chi connectivity index (χ0n) is 24.3. The minimum atomic E-state index is -0.622. The Hall–Kier alpha value is -4.62. The number of para-hydroxylation sites is 1. The van der Waals surface area contributed by atoms with Gasteiger partial charge in [-0.25, -0.2) is 4.39 Å². The van der Waals surface area contributed by atoms with Gasteiger partial charge in [0.2, 0.25) is 5.91 Å². The van der Waals surface area contributed by atoms with E-state index >= 15 is 0 Å². The maximum Gasteiger partial charge on any atom is 0.255 e. The standard InChI is InChI=1S/C32H35FN6O3/c1-32(14-7-19-39(32)28(40)10-6-18-37(2)3)15-11-22-20-34-16-12-26(22)38-21-25(29-27(38)13-17-35-31(29)41)36-24-9-5-8-23(33)30(24)42-4/h5-6,8-10,12,16,20-21,36H,7,13-14,17-19H2,1-4H3,(H,35,41)/b10-6+/t32-/m1/s1. The normalized spacial score (nSPS) is 18.0. The number of nitrogens with one attached hydrogen (secondary N) is 2. The number of rotatable bonds is 7. The fraction of sp³-hybridized carbons (Fsp3) is 0.344. The SMILES string of the molecule is COc1c(F)cccc1Nc1cn(-c2ccncc2C#C[C@@]2(C)CCCN2C(=O)/C=C/CN(C)C)c2c1C(=O)NCC2. The monoisotopic (exact) mass is 570 g/mol. The van der Waals surface area contributed by atoms with E-state index in [-0.39, 0.29) is 17.6 Å². The van der Waals surface area contributed by atoms with Gasteiger partial charge in [0.25, 0.3) is 5.91 Å². The number of ether oxygens (including phenoxy) is 1. The van der Waals surface area contributed by atoms with E-state index in [4.69, 9.17) is 4.74 Å². The van der Waals surface area contributed by atoms with Crippen molar-refractivity contribution in [1.82, 2.24) is 24.7 Å². The van der Waals surface area contributed by atoms with E-state index in [1.165, 1.54) is 13.2 Å². The average molecular weight is 571 g/mol. The van der Waals surface area contributed by atoms with Gasteiger partial charge >= 0.3 is 0 Å². The minimum Gasteiger partial charge on any atom is -0.492 e. The predicted molar refractivity (Wildman–Crippen MR) is 160 cm³/mol. The van der Waals surface area contributed by atoms with Gasteiger partial charge in [-0.2, -0.15) is 0 Å². The van der Waals surface area contributed by atoms with Gasteiger partial charge < -0.3 is 29.7 Å². The maximum absolute atomic E-state index is 14.4. The summed E-state index contributed by atoms with van der Waals surface area (Å²) in [5, 5.41) is 6.11. The van der Waals surface area contributed by atoms with E-state index in [1.54, 1.807) is 30.6 Å². The fourth-order valence-electron chi connectivity index (χ4n) is 5.49. The summed E-state index contributed by atoms with van der Waals surface area (Å²) in [7, 11) is 5.31. The fourth-order valence-corrected chi connectivity index (χ4v) is 5.49. The number of amides is 2. The molecule has 0 bridgehead atoms. The Kier molecular flexibility index (Phi) is 8.31. The quantitative estimate of drug-likeness (QED) is 0.331. The van der Waals surface area contributed by atoms with Gasteiger partial charge in [-0.15, -0.1) is 0 Å². The highest BCUT2D eigenvalue weighted by Gasteiger charge is 2.37. The molecule has 3 aromatic rings. The molecule has 2 amide bonds. The van der Waals surface area contributed by atoms with Crippen molar-refractivity contribution in [2.75, 3.05) is 46.2 Å². The molecule has 5 rings (SSSR count). The van der Waals surface area contributed by atoms with Crippen LogP contribution in [0.3, 0.4) is 0 Å². The average Bonchev–Trinajstić information content (AvgIpc) is 3.53. The Labute approximate surface area is 245 Å². The van der Waals surface area contributed by atoms with Crippen LogP contribution in [-0.2, 0) is 11.2 Å². The molecule has 9 nitrogen and oxygen atoms in total. The van der Waals surface area contributed by atoms with Crippen LogP contribution in [0, 0.1) is 17.7 Å². The summed E-state index contributed by atoms with van der Waals surface area (Å²) in [6, 6.07) is 6.45. The Morgan fingerprint density at radius 2 is 2.14 bits per heavy atom. The summed E-state index contributed by atoms with van der Waals surface area (Å²) >= 11 is 0. The van der Waals surface area contributed by atoms with Crippen molar-refractivity contribution in [2.45, 2.75) is 31.7 Å². The molecule has 2 aliphatic heterocycles. The van der Waals surface area contributed by atoms with Crippen LogP contribution in [0.15, 0.2) is 55.0 Å². The molecule has 218 valence electrons. The third kappa shape index (κ3) is 5.74. The lowest BCUT2D eigenvalue weighted by Crippen LogP contribution is -2.43. The largest absolute Gasteiger partial charge is 0.492 e. The molecule has 4 heterocycles. The van der Waals surface area contributed by atoms with Crippen molar-refractivity contribution >= 4 is 23.2 Å². The van der Waals surface area contributed by atoms with E-state index in [0.717, 1.165) is 24.2 Å². The van der Waals surface area contributed by atoms with Crippen molar-refractivity contribution in [3.8, 4) is 23.3 Å². The summed E-state index contributed by atoms with van der Waals surface area (Å²) in [5.74, 6) is 5.97. The molecule has 0 unspecified atom stereocenters. The number of hydrogen-bond donors (Lipinski definition) is 2. The number of fused-ring (bicyclic) bond motifs is 1. The van der Waals surface area contributed by atoms with Gasteiger partial charge in [0, 0.05) is 56.4 Å². The molecule has 2 N–H and O–H groups in total. The van der Waals surface area contributed by atoms with E-state index in [2.05, 4.69) is 27.5 Å². The molecule has 42 heavy (non-hydrogen) atoms. The van der Waals surface area contributed by atoms with Crippen molar-refractivity contribution < 1.29 is 18.7 Å². The lowest BCUT2D eigenvalue weighted by Gasteiger charge is -2.29. The Bertz CT molecular complexity index is 1600. The molecular weight excluding hydrogens is 535 g/mol. The molecule has 2 aliphatic rings. The first kappa shape index (κ1) is 28.9. The number of anilines is 2. The second kappa shape index (κ2) is 12.1. The van der Waals surface area contributed by atoms with Crippen LogP contribution in [0.4, 0.5) is 15.8 Å². The van der Waals surface area contributed by atoms with Gasteiger partial charge in [-0.1, -0.05) is 24.0 Å². The molecule has 10 heteroatoms. The first-order valence-electron chi connectivity index (χ1n) is 13.9. The number of hydrogen-bond acceptors (Lipinski definition) is 6. The third-order valence-corrected chi connectivity index (χ3v) is 7.58. The van der Waals surface area contributed by atoms with E-state index in [9.17, 15) is 14.0 Å². The van der Waals surface area contributed by atoms with Gasteiger partial charge in [0.1, 0.15) is 5.54 Å². The topological polar surface area (TPSA) is 91.7 Å². The number of carbonyl (C=O) groups excluding carboxylic acids is 2. The van der Waals surface area contributed by atoms with Crippen LogP contribution in [0.5, 0.6) is 5.75 Å². The zero-order valence-corrected chi connectivity index (χ0v) is 24.3. The summed E-state index contributed by atoms with van der Waals surface area (Å²) in [6.07, 6.45) is 10.9. The van der Waals surface area contributed by atoms with Crippen LogP contribution < -0.4 is 15.4 Å². The van der Waals surface area contributed by atoms with Crippen LogP contribution in [-0.4, -0.2) is 77.5 Å². The predicted octanol–water partition coefficient (Wildman–Crippen LogP) is 3.90. The minimum absolute atomic E-state index is 0.0495. The van der Waals surface area contributed by atoms with Crippen LogP contribution in [0.1, 0.15) is 41.4 Å². The van der Waals surface area contributed by atoms with Crippen molar-refractivity contribution in [3.05, 3.63) is 77.6 Å². The molecule has 0 saturated carbocycles. The number of aromatic nitrogens is 2. The van der Waals surface area contributed by atoms with Crippen LogP contribution >= 0.6 is 0 Å². The van der Waals surface area contributed by atoms with Crippen LogP contribution in [0.2, 0.25) is 0 Å². The number of halogens is 1. The third-order valence-electron chi connectivity index (χ3n) is 7.58. The molecule has 2 aromatic heterocycles. The number of methoxy groups -OCH3 is 1. The van der Waals surface area contributed by atoms with Gasteiger partial charge in [-0.3, -0.25) is 14.6 Å². The first-order chi connectivity index (χ1) is 20.2. The smallest absolute Gasteiger partial charge is 0.255 e. The van der Waals surface area contributed by atoms with Crippen molar-refractivity contribution in [1.29, 1.82) is 0 Å². The Morgan fingerprint density at radius 1 is 1.31 bits per heavy atom. The highest BCUT2D eigenvalue weighted by atomic mass is 19.1. The van der Waals surface area contributed by atoms with Gasteiger partial charge in [0.05, 0.1) is 35.3 Å². The molecule has 1 aromatic carbocycles. The number of nitrogens with zero attached hydrogens (tertiary/aromatic N) is 4. The van der Waals surface area contributed by atoms with Crippen molar-refractivity contribution in [2.24, 2.45) is 0 Å². The maximum atomic E-state index is 14.4. The van der Waals surface area contributed by atoms with Crippen LogP contribution in [0.25, 0.3) is 5.69 Å². The molecule has 0 radical (unpaired) electrons. The lowest BCUT2D eigenvalue weighted by molar-refractivity contribution is -0.128. The molecule has 1 atom stereocenters. The summed E-state index contributed by atoms with van der Waals surface area (Å²) < 4.78 is 21.6. The summed E-state index contributed by atoms with van der Waals surface area (Å²) in [5.41, 5.74) is 3.01. The van der Waals surface area contributed by atoms with Gasteiger partial charge in [-0.05, 0) is 52.1 Å². The Morgan fingerprint density at radius 3 is 2.93 bits per heavy atom. The summed E-state index contributed by atoms with van der Waals surface area (Å²) in [4.78, 5) is 34.2. The number of likely N-dealkylation sites (N-methyl/N-ethyl adjacent to an activating group) is 1. The molecule has 0 spiro atoms. The molecule has 0 aliphatic carbocycles. The second-order valence-electron chi connectivity index (χ2n) is 10.9. The highest BCUT2D eigenvalue weighted by molar-refractivity contribution is 6.03. The van der Waals surface area contributed by atoms with E-state index in [1.807, 2.05) is 53.7 Å². The highest BCUT2D eigenvalue weighted by Crippen LogP contribution is 2.36. The molecule has 1 saturated heterocycles. The van der Waals surface area contributed by atoms with E-state index < -0.39 is 11.4 Å². The first-order valence-corrected chi connectivity index (χ1v) is 13.9. The van der Waals surface area contributed by atoms with Gasteiger partial charge in [0.15, 0.2) is 11.6 Å². The number of carbonyl (C=O) groups is 2. The number of likely N-dealkylation sites (tertiary alicyclic amines) is 1. The second-order valence-corrected chi connectivity index (χ2v) is 10.9. The summed E-state index contributed by atoms with van der Waals surface area (Å²) in [6.45, 7) is 3.82. The number of pyridine rings is 1. The van der Waals surface area contributed by atoms with Crippen molar-refractivity contribution in [3.63, 3.8) is 0 Å². The molecule has 1 fully saturated rings.